The van der Waals surface area contributed by atoms with Gasteiger partial charge in [-0.15, -0.1) is 0 Å². The Kier molecular flexibility index (Phi) is 7.11. The van der Waals surface area contributed by atoms with Crippen LogP contribution in [0, 0.1) is 0 Å². The Hall–Kier alpha value is -2.58. The monoisotopic (exact) mass is 429 g/mol. The Morgan fingerprint density at radius 3 is 2.31 bits per heavy atom. The number of amides is 2. The van der Waals surface area contributed by atoms with Crippen LogP contribution in [0.2, 0.25) is 0 Å². The van der Waals surface area contributed by atoms with Crippen LogP contribution in [-0.2, 0) is 17.1 Å². The molecule has 0 radical (unpaired) electrons. The summed E-state index contributed by atoms with van der Waals surface area (Å²) in [5.74, 6) is -0.513. The fourth-order valence-corrected chi connectivity index (χ4v) is 4.42. The maximum atomic E-state index is 12.8. The summed E-state index contributed by atoms with van der Waals surface area (Å²) in [5.41, 5.74) is 0.535. The van der Waals surface area contributed by atoms with Crippen LogP contribution in [-0.4, -0.2) is 39.1 Å². The molecule has 3 N–H and O–H groups in total. The lowest BCUT2D eigenvalue weighted by atomic mass is 9.96. The minimum Gasteiger partial charge on any atom is -0.479 e. The molecule has 0 spiro atoms. The van der Waals surface area contributed by atoms with Gasteiger partial charge >= 0.3 is 12.0 Å². The molecule has 8 heteroatoms. The summed E-state index contributed by atoms with van der Waals surface area (Å²) < 4.78 is 2.76. The summed E-state index contributed by atoms with van der Waals surface area (Å²) in [6.45, 7) is 0.754. The van der Waals surface area contributed by atoms with E-state index in [-0.39, 0.29) is 4.99 Å². The van der Waals surface area contributed by atoms with E-state index < -0.39 is 17.5 Å². The molecule has 29 heavy (non-hydrogen) atoms. The second-order valence-electron chi connectivity index (χ2n) is 6.77. The van der Waals surface area contributed by atoms with E-state index in [4.69, 9.17) is 12.2 Å². The number of carboxylic acid groups (broad SMARTS) is 1. The fraction of sp³-hybridized carbons (Fsp3) is 0.286. The average molecular weight is 430 g/mol. The third-order valence-corrected chi connectivity index (χ3v) is 6.17. The number of carbonyl (C=O) groups excluding carboxylic acids is 1. The highest BCUT2D eigenvalue weighted by molar-refractivity contribution is 7.97. The lowest BCUT2D eigenvalue weighted by Crippen LogP contribution is -2.62. The van der Waals surface area contributed by atoms with Gasteiger partial charge in [0.1, 0.15) is 4.99 Å². The minimum absolute atomic E-state index is 0.162. The van der Waals surface area contributed by atoms with Gasteiger partial charge in [0.25, 0.3) is 0 Å². The van der Waals surface area contributed by atoms with Crippen molar-refractivity contribution in [3.8, 4) is 0 Å². The van der Waals surface area contributed by atoms with E-state index >= 15 is 0 Å². The highest BCUT2D eigenvalue weighted by Crippen LogP contribution is 2.31. The first-order chi connectivity index (χ1) is 14.0. The van der Waals surface area contributed by atoms with Crippen LogP contribution in [0.25, 0.3) is 0 Å². The van der Waals surface area contributed by atoms with Crippen LogP contribution in [0.4, 0.5) is 4.79 Å². The molecule has 6 nitrogen and oxygen atoms in total. The molecule has 0 saturated carbocycles. The van der Waals surface area contributed by atoms with Crippen molar-refractivity contribution in [2.45, 2.75) is 30.7 Å². The van der Waals surface area contributed by atoms with Crippen molar-refractivity contribution in [2.75, 3.05) is 6.54 Å². The first-order valence-electron chi connectivity index (χ1n) is 9.33. The Morgan fingerprint density at radius 2 is 1.69 bits per heavy atom. The van der Waals surface area contributed by atoms with E-state index in [1.807, 2.05) is 60.7 Å². The van der Waals surface area contributed by atoms with E-state index in [2.05, 4.69) is 10.0 Å². The first-order valence-corrected chi connectivity index (χ1v) is 10.7. The van der Waals surface area contributed by atoms with Crippen molar-refractivity contribution >= 4 is 41.2 Å². The largest absolute Gasteiger partial charge is 0.479 e. The highest BCUT2D eigenvalue weighted by atomic mass is 32.2. The molecule has 2 amide bonds. The van der Waals surface area contributed by atoms with Crippen molar-refractivity contribution in [1.82, 2.24) is 14.9 Å². The molecule has 1 fully saturated rings. The smallest absolute Gasteiger partial charge is 0.336 e. The van der Waals surface area contributed by atoms with Crippen LogP contribution < -0.4 is 10.0 Å². The number of carbonyl (C=O) groups is 2. The molecular formula is C21H23N3O3S2. The van der Waals surface area contributed by atoms with Crippen molar-refractivity contribution in [2.24, 2.45) is 0 Å². The number of nitrogens with one attached hydrogen (secondary N) is 2. The molecule has 2 aromatic carbocycles. The molecule has 1 aliphatic heterocycles. The maximum absolute atomic E-state index is 12.8. The molecule has 1 atom stereocenters. The molecular weight excluding hydrogens is 406 g/mol. The van der Waals surface area contributed by atoms with Gasteiger partial charge in [-0.05, 0) is 35.9 Å². The lowest BCUT2D eigenvalue weighted by Gasteiger charge is -2.35. The molecule has 1 aliphatic rings. The number of aliphatic carboxylic acids is 1. The standard InChI is InChI=1S/C21H23N3O3S2/c25-19(26)21(18(28)22-14-16-8-3-1-4-9-16)12-7-13-24(21)20(27)23-29-15-17-10-5-2-6-11-17/h1-6,8-11H,7,12-15H2,(H,22,28)(H,23,27)(H,25,26)/t21-/m1/s1. The Morgan fingerprint density at radius 1 is 1.07 bits per heavy atom. The Labute approximate surface area is 179 Å². The molecule has 0 aromatic heterocycles. The summed E-state index contributed by atoms with van der Waals surface area (Å²) >= 11 is 6.70. The van der Waals surface area contributed by atoms with Crippen LogP contribution in [0.15, 0.2) is 60.7 Å². The van der Waals surface area contributed by atoms with Gasteiger partial charge in [-0.25, -0.2) is 9.59 Å². The molecule has 152 valence electrons. The van der Waals surface area contributed by atoms with Crippen molar-refractivity contribution < 1.29 is 14.7 Å². The van der Waals surface area contributed by atoms with Gasteiger partial charge in [0.15, 0.2) is 5.54 Å². The zero-order valence-corrected chi connectivity index (χ0v) is 17.5. The van der Waals surface area contributed by atoms with E-state index in [0.717, 1.165) is 11.1 Å². The lowest BCUT2D eigenvalue weighted by molar-refractivity contribution is -0.144. The molecule has 0 aliphatic carbocycles. The van der Waals surface area contributed by atoms with Crippen LogP contribution >= 0.6 is 24.2 Å². The Bertz CT molecular complexity index is 864. The number of hydrogen-bond donors (Lipinski definition) is 3. The number of urea groups is 1. The third kappa shape index (κ3) is 4.89. The summed E-state index contributed by atoms with van der Waals surface area (Å²) in [6, 6.07) is 18.9. The van der Waals surface area contributed by atoms with Gasteiger partial charge in [-0.1, -0.05) is 72.9 Å². The molecule has 2 aromatic rings. The highest BCUT2D eigenvalue weighted by Gasteiger charge is 2.53. The number of nitrogens with zero attached hydrogens (tertiary/aromatic N) is 1. The predicted octanol–water partition coefficient (Wildman–Crippen LogP) is 3.58. The van der Waals surface area contributed by atoms with E-state index in [0.29, 0.717) is 31.7 Å². The summed E-state index contributed by atoms with van der Waals surface area (Å²) in [7, 11) is 0. The number of hydrogen-bond acceptors (Lipinski definition) is 4. The predicted molar refractivity (Wildman–Crippen MR) is 118 cm³/mol. The Balaban J connectivity index is 1.65. The SMILES string of the molecule is O=C(NSCc1ccccc1)N1CCC[C@]1(C(=O)O)C(=S)NCc1ccccc1. The topological polar surface area (TPSA) is 81.7 Å². The van der Waals surface area contributed by atoms with Gasteiger partial charge in [-0.3, -0.25) is 4.72 Å². The van der Waals surface area contributed by atoms with Gasteiger partial charge in [0.05, 0.1) is 0 Å². The van der Waals surface area contributed by atoms with Crippen LogP contribution in [0.5, 0.6) is 0 Å². The van der Waals surface area contributed by atoms with Gasteiger partial charge in [0, 0.05) is 18.8 Å². The van der Waals surface area contributed by atoms with Gasteiger partial charge in [-0.2, -0.15) is 0 Å². The van der Waals surface area contributed by atoms with Crippen molar-refractivity contribution in [1.29, 1.82) is 0 Å². The number of carboxylic acids is 1. The second-order valence-corrected chi connectivity index (χ2v) is 7.96. The summed E-state index contributed by atoms with van der Waals surface area (Å²) in [5, 5.41) is 13.1. The maximum Gasteiger partial charge on any atom is 0.336 e. The number of thiocarbonyl (C=S) groups is 1. The molecule has 0 bridgehead atoms. The molecule has 0 unspecified atom stereocenters. The van der Waals surface area contributed by atoms with Crippen molar-refractivity contribution in [3.05, 3.63) is 71.8 Å². The number of likely N-dealkylation sites (tertiary alicyclic amines) is 1. The molecule has 1 heterocycles. The zero-order chi connectivity index (χ0) is 20.7. The normalized spacial score (nSPS) is 18.3. The molecule has 1 saturated heterocycles. The van der Waals surface area contributed by atoms with Crippen LogP contribution in [0.1, 0.15) is 24.0 Å². The zero-order valence-electron chi connectivity index (χ0n) is 15.8. The quantitative estimate of drug-likeness (QED) is 0.461. The second kappa shape index (κ2) is 9.76. The van der Waals surface area contributed by atoms with Gasteiger partial charge < -0.3 is 15.3 Å². The van der Waals surface area contributed by atoms with Crippen molar-refractivity contribution in [3.63, 3.8) is 0 Å². The molecule has 3 rings (SSSR count). The van der Waals surface area contributed by atoms with E-state index in [1.54, 1.807) is 0 Å². The van der Waals surface area contributed by atoms with Crippen LogP contribution in [0.3, 0.4) is 0 Å². The average Bonchev–Trinajstić information content (AvgIpc) is 3.20. The summed E-state index contributed by atoms with van der Waals surface area (Å²) in [6.07, 6.45) is 0.871. The van der Waals surface area contributed by atoms with Gasteiger partial charge in [0.2, 0.25) is 0 Å². The number of rotatable bonds is 7. The summed E-state index contributed by atoms with van der Waals surface area (Å²) in [4.78, 5) is 26.5. The number of benzene rings is 2. The van der Waals surface area contributed by atoms with E-state index in [1.165, 1.54) is 16.8 Å². The third-order valence-electron chi connectivity index (χ3n) is 4.89. The fourth-order valence-electron chi connectivity index (χ4n) is 3.38. The minimum atomic E-state index is -1.53. The first kappa shape index (κ1) is 21.1. The van der Waals surface area contributed by atoms with E-state index in [9.17, 15) is 14.7 Å².